The summed E-state index contributed by atoms with van der Waals surface area (Å²) in [4.78, 5) is 12.0. The highest BCUT2D eigenvalue weighted by atomic mass is 16.1. The van der Waals surface area contributed by atoms with Crippen molar-refractivity contribution in [3.05, 3.63) is 33.2 Å². The van der Waals surface area contributed by atoms with E-state index in [2.05, 4.69) is 18.3 Å². The van der Waals surface area contributed by atoms with Crippen molar-refractivity contribution in [2.24, 2.45) is 7.05 Å². The molecule has 1 aliphatic carbocycles. The number of nitrogens with one attached hydrogen (secondary N) is 1. The molecule has 3 heteroatoms. The molecule has 1 aromatic heterocycles. The Morgan fingerprint density at radius 3 is 3.00 bits per heavy atom. The summed E-state index contributed by atoms with van der Waals surface area (Å²) in [5.41, 5.74) is 3.67. The summed E-state index contributed by atoms with van der Waals surface area (Å²) in [7, 11) is 1.89. The summed E-state index contributed by atoms with van der Waals surface area (Å²) < 4.78 is 1.83. The lowest BCUT2D eigenvalue weighted by atomic mass is 10.1. The minimum atomic E-state index is 0.164. The van der Waals surface area contributed by atoms with Crippen molar-refractivity contribution in [3.63, 3.8) is 0 Å². The second-order valence-corrected chi connectivity index (χ2v) is 4.14. The molecule has 1 aliphatic rings. The molecule has 2 rings (SSSR count). The van der Waals surface area contributed by atoms with E-state index in [0.29, 0.717) is 6.54 Å². The maximum absolute atomic E-state index is 12.0. The highest BCUT2D eigenvalue weighted by molar-refractivity contribution is 5.30. The van der Waals surface area contributed by atoms with E-state index in [0.717, 1.165) is 24.9 Å². The van der Waals surface area contributed by atoms with Crippen LogP contribution in [0.15, 0.2) is 10.9 Å². The van der Waals surface area contributed by atoms with Gasteiger partial charge in [0, 0.05) is 24.8 Å². The molecule has 0 bridgehead atoms. The number of nitrogens with zero attached hydrogens (tertiary/aromatic N) is 1. The van der Waals surface area contributed by atoms with Crippen molar-refractivity contribution < 1.29 is 0 Å². The van der Waals surface area contributed by atoms with Gasteiger partial charge in [0.1, 0.15) is 0 Å². The van der Waals surface area contributed by atoms with Crippen LogP contribution in [0.3, 0.4) is 0 Å². The van der Waals surface area contributed by atoms with E-state index < -0.39 is 0 Å². The van der Waals surface area contributed by atoms with Gasteiger partial charge in [0.05, 0.1) is 0 Å². The van der Waals surface area contributed by atoms with Crippen LogP contribution in [0.4, 0.5) is 0 Å². The number of pyridine rings is 1. The molecule has 0 radical (unpaired) electrons. The molecular formula is C12H18N2O. The smallest absolute Gasteiger partial charge is 0.255 e. The van der Waals surface area contributed by atoms with Crippen LogP contribution in [0.2, 0.25) is 0 Å². The summed E-state index contributed by atoms with van der Waals surface area (Å²) in [6.45, 7) is 3.65. The Bertz CT molecular complexity index is 420. The van der Waals surface area contributed by atoms with Gasteiger partial charge in [0.15, 0.2) is 0 Å². The first-order valence-corrected chi connectivity index (χ1v) is 5.65. The highest BCUT2D eigenvalue weighted by Gasteiger charge is 2.16. The summed E-state index contributed by atoms with van der Waals surface area (Å²) in [6.07, 6.45) is 3.37. The van der Waals surface area contributed by atoms with E-state index in [1.165, 1.54) is 17.7 Å². The lowest BCUT2D eigenvalue weighted by Crippen LogP contribution is -2.27. The summed E-state index contributed by atoms with van der Waals surface area (Å²) in [5.74, 6) is 0. The van der Waals surface area contributed by atoms with Crippen LogP contribution in [-0.2, 0) is 26.4 Å². The van der Waals surface area contributed by atoms with Crippen molar-refractivity contribution in [3.8, 4) is 0 Å². The zero-order valence-electron chi connectivity index (χ0n) is 9.47. The molecule has 1 heterocycles. The van der Waals surface area contributed by atoms with Gasteiger partial charge >= 0.3 is 0 Å². The Kier molecular flexibility index (Phi) is 2.91. The van der Waals surface area contributed by atoms with Gasteiger partial charge in [-0.1, -0.05) is 6.92 Å². The first-order valence-electron chi connectivity index (χ1n) is 5.65. The highest BCUT2D eigenvalue weighted by Crippen LogP contribution is 2.20. The molecule has 0 spiro atoms. The number of rotatable bonds is 3. The molecule has 82 valence electrons. The Hall–Kier alpha value is -1.09. The Morgan fingerprint density at radius 1 is 1.47 bits per heavy atom. The average molecular weight is 206 g/mol. The fourth-order valence-corrected chi connectivity index (χ4v) is 2.29. The van der Waals surface area contributed by atoms with E-state index in [-0.39, 0.29) is 5.56 Å². The first-order chi connectivity index (χ1) is 7.24. The van der Waals surface area contributed by atoms with Crippen molar-refractivity contribution in [2.45, 2.75) is 32.7 Å². The molecule has 0 unspecified atom stereocenters. The number of aryl methyl sites for hydroxylation is 1. The molecule has 0 amide bonds. The molecule has 0 aliphatic heterocycles. The van der Waals surface area contributed by atoms with Gasteiger partial charge in [-0.3, -0.25) is 4.79 Å². The van der Waals surface area contributed by atoms with Crippen molar-refractivity contribution in [1.82, 2.24) is 9.88 Å². The van der Waals surface area contributed by atoms with Gasteiger partial charge in [-0.25, -0.2) is 0 Å². The predicted molar refractivity (Wildman–Crippen MR) is 61.1 cm³/mol. The average Bonchev–Trinajstić information content (AvgIpc) is 2.69. The van der Waals surface area contributed by atoms with Crippen LogP contribution >= 0.6 is 0 Å². The standard InChI is InChI=1S/C12H18N2O/c1-3-13-8-10-7-9-5-4-6-11(9)14(2)12(10)15/h7,13H,3-6,8H2,1-2H3. The maximum atomic E-state index is 12.0. The lowest BCUT2D eigenvalue weighted by Gasteiger charge is -2.10. The molecule has 0 aromatic carbocycles. The summed E-state index contributed by atoms with van der Waals surface area (Å²) in [5, 5.41) is 3.21. The number of hydrogen-bond acceptors (Lipinski definition) is 2. The fraction of sp³-hybridized carbons (Fsp3) is 0.583. The first kappa shape index (κ1) is 10.4. The van der Waals surface area contributed by atoms with Crippen LogP contribution in [0.5, 0.6) is 0 Å². The van der Waals surface area contributed by atoms with E-state index >= 15 is 0 Å². The molecule has 0 atom stereocenters. The Labute approximate surface area is 90.1 Å². The largest absolute Gasteiger partial charge is 0.315 e. The van der Waals surface area contributed by atoms with Crippen molar-refractivity contribution in [2.75, 3.05) is 6.54 Å². The maximum Gasteiger partial charge on any atom is 0.255 e. The Balaban J connectivity index is 2.40. The van der Waals surface area contributed by atoms with Crippen molar-refractivity contribution in [1.29, 1.82) is 0 Å². The van der Waals surface area contributed by atoms with Gasteiger partial charge in [-0.2, -0.15) is 0 Å². The molecule has 0 saturated heterocycles. The zero-order chi connectivity index (χ0) is 10.8. The molecular weight excluding hydrogens is 188 g/mol. The topological polar surface area (TPSA) is 34.0 Å². The molecule has 1 N–H and O–H groups in total. The monoisotopic (exact) mass is 206 g/mol. The van der Waals surface area contributed by atoms with Crippen LogP contribution in [0, 0.1) is 0 Å². The van der Waals surface area contributed by atoms with Crippen molar-refractivity contribution >= 4 is 0 Å². The number of hydrogen-bond donors (Lipinski definition) is 1. The SMILES string of the molecule is CCNCc1cc2c(n(C)c1=O)CCC2. The predicted octanol–water partition coefficient (Wildman–Crippen LogP) is 0.984. The van der Waals surface area contributed by atoms with E-state index in [4.69, 9.17) is 0 Å². The minimum Gasteiger partial charge on any atom is -0.315 e. The summed E-state index contributed by atoms with van der Waals surface area (Å²) in [6, 6.07) is 2.09. The third-order valence-electron chi connectivity index (χ3n) is 3.13. The molecule has 1 aromatic rings. The van der Waals surface area contributed by atoms with Gasteiger partial charge < -0.3 is 9.88 Å². The minimum absolute atomic E-state index is 0.164. The van der Waals surface area contributed by atoms with Gasteiger partial charge in [-0.05, 0) is 37.4 Å². The lowest BCUT2D eigenvalue weighted by molar-refractivity contribution is 0.696. The summed E-state index contributed by atoms with van der Waals surface area (Å²) >= 11 is 0. The Morgan fingerprint density at radius 2 is 2.27 bits per heavy atom. The third-order valence-corrected chi connectivity index (χ3v) is 3.13. The van der Waals surface area contributed by atoms with E-state index in [1.807, 2.05) is 11.6 Å². The zero-order valence-corrected chi connectivity index (χ0v) is 9.47. The quantitative estimate of drug-likeness (QED) is 0.800. The number of aromatic nitrogens is 1. The van der Waals surface area contributed by atoms with Crippen LogP contribution in [0.25, 0.3) is 0 Å². The molecule has 0 fully saturated rings. The normalized spacial score (nSPS) is 14.3. The van der Waals surface area contributed by atoms with Crippen LogP contribution in [0.1, 0.15) is 30.2 Å². The fourth-order valence-electron chi connectivity index (χ4n) is 2.29. The van der Waals surface area contributed by atoms with Gasteiger partial charge in [0.25, 0.3) is 5.56 Å². The molecule has 15 heavy (non-hydrogen) atoms. The van der Waals surface area contributed by atoms with E-state index in [1.54, 1.807) is 0 Å². The van der Waals surface area contributed by atoms with Crippen LogP contribution in [-0.4, -0.2) is 11.1 Å². The third kappa shape index (κ3) is 1.84. The molecule has 0 saturated carbocycles. The van der Waals surface area contributed by atoms with Gasteiger partial charge in [0.2, 0.25) is 0 Å². The second-order valence-electron chi connectivity index (χ2n) is 4.14. The van der Waals surface area contributed by atoms with Crippen LogP contribution < -0.4 is 10.9 Å². The van der Waals surface area contributed by atoms with E-state index in [9.17, 15) is 4.79 Å². The van der Waals surface area contributed by atoms with Gasteiger partial charge in [-0.15, -0.1) is 0 Å². The molecule has 3 nitrogen and oxygen atoms in total. The number of fused-ring (bicyclic) bond motifs is 1. The second kappa shape index (κ2) is 4.19.